The Hall–Kier alpha value is -2.75. The number of carbonyl (C=O) groups is 1. The molecule has 1 unspecified atom stereocenters. The number of furan rings is 1. The van der Waals surface area contributed by atoms with Crippen LogP contribution in [-0.2, 0) is 0 Å². The fourth-order valence-corrected chi connectivity index (χ4v) is 2.81. The Morgan fingerprint density at radius 2 is 1.86 bits per heavy atom. The number of nitrogens with zero attached hydrogens (tertiary/aromatic N) is 1. The van der Waals surface area contributed by atoms with Gasteiger partial charge in [-0.1, -0.05) is 30.3 Å². The molecule has 104 valence electrons. The van der Waals surface area contributed by atoms with Crippen molar-refractivity contribution >= 4 is 22.6 Å². The van der Waals surface area contributed by atoms with Crippen LogP contribution < -0.4 is 10.2 Å². The normalized spacial score (nSPS) is 17.7. The molecular formula is C17H14N2O2. The molecule has 3 aromatic rings. The molecule has 4 rings (SSSR count). The highest BCUT2D eigenvalue weighted by molar-refractivity contribution is 6.02. The number of hydrogen-bond donors (Lipinski definition) is 1. The molecule has 2 aromatic carbocycles. The summed E-state index contributed by atoms with van der Waals surface area (Å²) in [6.07, 6.45) is -0.292. The highest BCUT2D eigenvalue weighted by atomic mass is 16.3. The van der Waals surface area contributed by atoms with Gasteiger partial charge < -0.3 is 14.6 Å². The quantitative estimate of drug-likeness (QED) is 0.742. The van der Waals surface area contributed by atoms with Gasteiger partial charge in [0, 0.05) is 12.4 Å². The van der Waals surface area contributed by atoms with Gasteiger partial charge in [0.2, 0.25) is 0 Å². The summed E-state index contributed by atoms with van der Waals surface area (Å²) in [7, 11) is 1.95. The molecule has 1 atom stereocenters. The standard InChI is InChI=1S/C17H14N2O2/c1-19-13-8-4-3-7-12(13)17(20)18-16(19)15-10-11-6-2-5-9-14(11)21-15/h2-10,16H,1H3,(H,18,20). The van der Waals surface area contributed by atoms with Crippen molar-refractivity contribution in [3.05, 3.63) is 65.9 Å². The lowest BCUT2D eigenvalue weighted by Crippen LogP contribution is -2.44. The van der Waals surface area contributed by atoms with Gasteiger partial charge in [0.15, 0.2) is 6.17 Å². The van der Waals surface area contributed by atoms with E-state index in [0.717, 1.165) is 22.4 Å². The molecule has 4 nitrogen and oxygen atoms in total. The largest absolute Gasteiger partial charge is 0.457 e. The molecule has 21 heavy (non-hydrogen) atoms. The summed E-state index contributed by atoms with van der Waals surface area (Å²) < 4.78 is 5.88. The maximum absolute atomic E-state index is 12.3. The minimum absolute atomic E-state index is 0.0749. The zero-order chi connectivity index (χ0) is 14.4. The summed E-state index contributed by atoms with van der Waals surface area (Å²) in [5.74, 6) is 0.663. The maximum Gasteiger partial charge on any atom is 0.255 e. The molecule has 0 fully saturated rings. The second kappa shape index (κ2) is 4.38. The Morgan fingerprint density at radius 3 is 2.71 bits per heavy atom. The zero-order valence-corrected chi connectivity index (χ0v) is 11.5. The van der Waals surface area contributed by atoms with Crippen molar-refractivity contribution < 1.29 is 9.21 Å². The molecule has 0 saturated carbocycles. The van der Waals surface area contributed by atoms with Crippen LogP contribution in [-0.4, -0.2) is 13.0 Å². The van der Waals surface area contributed by atoms with Crippen LogP contribution in [0.4, 0.5) is 5.69 Å². The van der Waals surface area contributed by atoms with Gasteiger partial charge in [0.1, 0.15) is 11.3 Å². The number of anilines is 1. The topological polar surface area (TPSA) is 45.5 Å². The van der Waals surface area contributed by atoms with Gasteiger partial charge in [-0.15, -0.1) is 0 Å². The molecule has 2 heterocycles. The first-order valence-electron chi connectivity index (χ1n) is 6.85. The predicted octanol–water partition coefficient (Wildman–Crippen LogP) is 3.31. The first kappa shape index (κ1) is 12.0. The second-order valence-electron chi connectivity index (χ2n) is 5.19. The molecule has 1 N–H and O–H groups in total. The van der Waals surface area contributed by atoms with Gasteiger partial charge in [-0.2, -0.15) is 0 Å². The lowest BCUT2D eigenvalue weighted by Gasteiger charge is -2.34. The summed E-state index contributed by atoms with van der Waals surface area (Å²) in [6.45, 7) is 0. The first-order valence-corrected chi connectivity index (χ1v) is 6.85. The van der Waals surface area contributed by atoms with Crippen molar-refractivity contribution in [1.82, 2.24) is 5.32 Å². The van der Waals surface area contributed by atoms with Crippen molar-refractivity contribution in [2.75, 3.05) is 11.9 Å². The van der Waals surface area contributed by atoms with Crippen molar-refractivity contribution in [1.29, 1.82) is 0 Å². The van der Waals surface area contributed by atoms with Crippen LogP contribution in [0.25, 0.3) is 11.0 Å². The van der Waals surface area contributed by atoms with E-state index in [1.807, 2.05) is 66.5 Å². The minimum atomic E-state index is -0.292. The van der Waals surface area contributed by atoms with Crippen molar-refractivity contribution in [2.45, 2.75) is 6.17 Å². The smallest absolute Gasteiger partial charge is 0.255 e. The molecule has 1 aromatic heterocycles. The Morgan fingerprint density at radius 1 is 1.10 bits per heavy atom. The predicted molar refractivity (Wildman–Crippen MR) is 81.3 cm³/mol. The zero-order valence-electron chi connectivity index (χ0n) is 11.5. The molecule has 1 aliphatic heterocycles. The monoisotopic (exact) mass is 278 g/mol. The van der Waals surface area contributed by atoms with Gasteiger partial charge >= 0.3 is 0 Å². The third-order valence-electron chi connectivity index (χ3n) is 3.90. The Labute approximate surface area is 122 Å². The van der Waals surface area contributed by atoms with Crippen LogP contribution in [0.2, 0.25) is 0 Å². The Bertz CT molecular complexity index is 804. The molecule has 1 amide bonds. The lowest BCUT2D eigenvalue weighted by atomic mass is 10.1. The maximum atomic E-state index is 12.3. The minimum Gasteiger partial charge on any atom is -0.457 e. The van der Waals surface area contributed by atoms with Crippen molar-refractivity contribution in [3.8, 4) is 0 Å². The van der Waals surface area contributed by atoms with Gasteiger partial charge in [0.25, 0.3) is 5.91 Å². The average Bonchev–Trinajstić information content (AvgIpc) is 2.94. The highest BCUT2D eigenvalue weighted by Gasteiger charge is 2.31. The van der Waals surface area contributed by atoms with Crippen LogP contribution in [0.1, 0.15) is 22.3 Å². The van der Waals surface area contributed by atoms with Crippen LogP contribution in [0.3, 0.4) is 0 Å². The van der Waals surface area contributed by atoms with Gasteiger partial charge in [-0.05, 0) is 24.3 Å². The fraction of sp³-hybridized carbons (Fsp3) is 0.118. The number of amides is 1. The highest BCUT2D eigenvalue weighted by Crippen LogP contribution is 2.33. The van der Waals surface area contributed by atoms with Crippen molar-refractivity contribution in [3.63, 3.8) is 0 Å². The lowest BCUT2D eigenvalue weighted by molar-refractivity contribution is 0.0922. The molecule has 0 spiro atoms. The summed E-state index contributed by atoms with van der Waals surface area (Å²) in [5.41, 5.74) is 2.42. The Kier molecular flexibility index (Phi) is 2.51. The van der Waals surface area contributed by atoms with Crippen molar-refractivity contribution in [2.24, 2.45) is 0 Å². The molecular weight excluding hydrogens is 264 g/mol. The third-order valence-corrected chi connectivity index (χ3v) is 3.90. The van der Waals surface area contributed by atoms with E-state index in [0.29, 0.717) is 5.56 Å². The van der Waals surface area contributed by atoms with E-state index in [1.165, 1.54) is 0 Å². The number of nitrogens with one attached hydrogen (secondary N) is 1. The Balaban J connectivity index is 1.81. The summed E-state index contributed by atoms with van der Waals surface area (Å²) in [4.78, 5) is 14.3. The van der Waals surface area contributed by atoms with Gasteiger partial charge in [-0.3, -0.25) is 4.79 Å². The number of carbonyl (C=O) groups excluding carboxylic acids is 1. The number of para-hydroxylation sites is 2. The van der Waals surface area contributed by atoms with E-state index in [2.05, 4.69) is 5.32 Å². The van der Waals surface area contributed by atoms with Crippen LogP contribution >= 0.6 is 0 Å². The number of hydrogen-bond acceptors (Lipinski definition) is 3. The van der Waals surface area contributed by atoms with E-state index in [4.69, 9.17) is 4.42 Å². The molecule has 1 aliphatic rings. The first-order chi connectivity index (χ1) is 10.2. The number of benzene rings is 2. The second-order valence-corrected chi connectivity index (χ2v) is 5.19. The van der Waals surface area contributed by atoms with Crippen LogP contribution in [0.15, 0.2) is 59.0 Å². The molecule has 4 heteroatoms. The average molecular weight is 278 g/mol. The van der Waals surface area contributed by atoms with Gasteiger partial charge in [-0.25, -0.2) is 0 Å². The van der Waals surface area contributed by atoms with E-state index < -0.39 is 0 Å². The summed E-state index contributed by atoms with van der Waals surface area (Å²) >= 11 is 0. The number of rotatable bonds is 1. The molecule has 0 saturated heterocycles. The number of fused-ring (bicyclic) bond motifs is 2. The summed E-state index contributed by atoms with van der Waals surface area (Å²) in [5, 5.41) is 4.03. The van der Waals surface area contributed by atoms with Crippen LogP contribution in [0, 0.1) is 0 Å². The molecule has 0 bridgehead atoms. The van der Waals surface area contributed by atoms with Gasteiger partial charge in [0.05, 0.1) is 11.3 Å². The van der Waals surface area contributed by atoms with Crippen LogP contribution in [0.5, 0.6) is 0 Å². The van der Waals surface area contributed by atoms with E-state index in [-0.39, 0.29) is 12.1 Å². The van der Waals surface area contributed by atoms with E-state index in [9.17, 15) is 4.79 Å². The summed E-state index contributed by atoms with van der Waals surface area (Å²) in [6, 6.07) is 17.4. The SMILES string of the molecule is CN1c2ccccc2C(=O)NC1c1cc2ccccc2o1. The third kappa shape index (κ3) is 1.80. The molecule has 0 aliphatic carbocycles. The fourth-order valence-electron chi connectivity index (χ4n) is 2.81. The molecule has 0 radical (unpaired) electrons. The van der Waals surface area contributed by atoms with E-state index in [1.54, 1.807) is 0 Å². The van der Waals surface area contributed by atoms with E-state index >= 15 is 0 Å².